The fourth-order valence-electron chi connectivity index (χ4n) is 1.16. The lowest BCUT2D eigenvalue weighted by atomic mass is 10.1. The van der Waals surface area contributed by atoms with Crippen LogP contribution in [0.1, 0.15) is 11.6 Å². The number of halogens is 5. The molecule has 0 amide bonds. The van der Waals surface area contributed by atoms with Crippen LogP contribution in [-0.2, 0) is 0 Å². The molecule has 0 aliphatic heterocycles. The molecule has 0 saturated carbocycles. The fourth-order valence-corrected chi connectivity index (χ4v) is 1.62. The van der Waals surface area contributed by atoms with Crippen LogP contribution >= 0.6 is 28.3 Å². The Bertz CT molecular complexity index is 470. The van der Waals surface area contributed by atoms with E-state index in [1.165, 1.54) is 0 Å². The summed E-state index contributed by atoms with van der Waals surface area (Å²) in [6.45, 7) is 0. The summed E-state index contributed by atoms with van der Waals surface area (Å²) >= 11 is 2.81. The molecule has 0 aromatic heterocycles. The zero-order valence-electron chi connectivity index (χ0n) is 8.44. The monoisotopic (exact) mass is 350 g/mol. The largest absolute Gasteiger partial charge is 0.502 e. The van der Waals surface area contributed by atoms with Crippen molar-refractivity contribution in [3.8, 4) is 5.75 Å². The van der Waals surface area contributed by atoms with E-state index in [1.54, 1.807) is 0 Å². The van der Waals surface area contributed by atoms with E-state index in [1.807, 2.05) is 0 Å². The van der Waals surface area contributed by atoms with Gasteiger partial charge >= 0.3 is 11.9 Å². The zero-order chi connectivity index (χ0) is 13.4. The molecule has 0 fully saturated rings. The highest BCUT2D eigenvalue weighted by atomic mass is 79.9. The van der Waals surface area contributed by atoms with Crippen LogP contribution in [0.3, 0.4) is 0 Å². The second-order valence-corrected chi connectivity index (χ2v) is 4.05. The van der Waals surface area contributed by atoms with E-state index < -0.39 is 34.1 Å². The van der Waals surface area contributed by atoms with Gasteiger partial charge in [-0.05, 0) is 6.07 Å². The molecule has 0 unspecified atom stereocenters. The average Bonchev–Trinajstić information content (AvgIpc) is 2.18. The molecule has 1 aromatic rings. The van der Waals surface area contributed by atoms with Gasteiger partial charge in [-0.3, -0.25) is 10.1 Å². The molecule has 0 spiro atoms. The number of phenols is 1. The topological polar surface area (TPSA) is 89.4 Å². The van der Waals surface area contributed by atoms with Crippen LogP contribution in [0.2, 0.25) is 0 Å². The van der Waals surface area contributed by atoms with Crippen LogP contribution in [0.4, 0.5) is 18.9 Å². The first kappa shape index (κ1) is 16.9. The number of benzene rings is 1. The molecule has 0 aliphatic carbocycles. The van der Waals surface area contributed by atoms with Crippen LogP contribution < -0.4 is 5.73 Å². The Balaban J connectivity index is 0.00000289. The van der Waals surface area contributed by atoms with E-state index in [4.69, 9.17) is 5.73 Å². The smallest absolute Gasteiger partial charge is 0.407 e. The highest BCUT2D eigenvalue weighted by molar-refractivity contribution is 9.10. The van der Waals surface area contributed by atoms with Crippen LogP contribution in [0.5, 0.6) is 5.75 Å². The highest BCUT2D eigenvalue weighted by Gasteiger charge is 2.40. The van der Waals surface area contributed by atoms with Gasteiger partial charge in [-0.2, -0.15) is 13.2 Å². The van der Waals surface area contributed by atoms with Gasteiger partial charge in [0.1, 0.15) is 6.04 Å². The predicted octanol–water partition coefficient (Wildman–Crippen LogP) is 3.05. The molecular weight excluding hydrogens is 344 g/mol. The molecular formula is C8H7BrClF3N2O3. The minimum Gasteiger partial charge on any atom is -0.502 e. The van der Waals surface area contributed by atoms with E-state index >= 15 is 0 Å². The van der Waals surface area contributed by atoms with Crippen molar-refractivity contribution in [2.45, 2.75) is 12.2 Å². The van der Waals surface area contributed by atoms with Gasteiger partial charge in [-0.1, -0.05) is 15.9 Å². The molecule has 0 aliphatic rings. The summed E-state index contributed by atoms with van der Waals surface area (Å²) in [5.74, 6) is -1.08. The normalized spacial score (nSPS) is 12.7. The van der Waals surface area contributed by atoms with E-state index in [0.717, 1.165) is 12.1 Å². The Morgan fingerprint density at radius 1 is 1.44 bits per heavy atom. The number of nitro benzene ring substituents is 1. The Kier molecular flexibility index (Phi) is 5.38. The highest BCUT2D eigenvalue weighted by Crippen LogP contribution is 2.41. The third kappa shape index (κ3) is 3.47. The molecule has 0 bridgehead atoms. The van der Waals surface area contributed by atoms with E-state index in [0.29, 0.717) is 0 Å². The van der Waals surface area contributed by atoms with Crippen molar-refractivity contribution in [1.82, 2.24) is 0 Å². The summed E-state index contributed by atoms with van der Waals surface area (Å²) in [5.41, 5.74) is 3.29. The van der Waals surface area contributed by atoms with Gasteiger partial charge in [0.05, 0.1) is 4.92 Å². The number of aromatic hydroxyl groups is 1. The minimum atomic E-state index is -4.80. The third-order valence-electron chi connectivity index (χ3n) is 1.97. The van der Waals surface area contributed by atoms with Crippen LogP contribution in [0, 0.1) is 10.1 Å². The number of hydrogen-bond donors (Lipinski definition) is 2. The summed E-state index contributed by atoms with van der Waals surface area (Å²) in [6, 6.07) is -0.707. The molecule has 5 nitrogen and oxygen atoms in total. The van der Waals surface area contributed by atoms with Gasteiger partial charge in [-0.15, -0.1) is 12.4 Å². The van der Waals surface area contributed by atoms with Gasteiger partial charge in [-0.25, -0.2) is 0 Å². The SMILES string of the molecule is Cl.N[C@@H](c1cc(Br)cc([N+](=O)[O-])c1O)C(F)(F)F. The number of hydrogen-bond acceptors (Lipinski definition) is 4. The first-order valence-electron chi connectivity index (χ1n) is 4.13. The summed E-state index contributed by atoms with van der Waals surface area (Å²) < 4.78 is 37.1. The second-order valence-electron chi connectivity index (χ2n) is 3.14. The standard InChI is InChI=1S/C8H6BrF3N2O3.ClH/c9-3-1-4(7(13)8(10,11)12)6(15)5(2-3)14(16)17;/h1-2,7,15H,13H2;1H/t7-;/m0./s1. The van der Waals surface area contributed by atoms with E-state index in [-0.39, 0.29) is 16.9 Å². The van der Waals surface area contributed by atoms with Gasteiger partial charge in [0.15, 0.2) is 5.75 Å². The van der Waals surface area contributed by atoms with E-state index in [2.05, 4.69) is 15.9 Å². The molecule has 102 valence electrons. The summed E-state index contributed by atoms with van der Waals surface area (Å²) in [6.07, 6.45) is -4.80. The first-order chi connectivity index (χ1) is 7.64. The lowest BCUT2D eigenvalue weighted by molar-refractivity contribution is -0.386. The Hall–Kier alpha value is -1.06. The Morgan fingerprint density at radius 2 is 1.94 bits per heavy atom. The van der Waals surface area contributed by atoms with Crippen LogP contribution in [-0.4, -0.2) is 16.2 Å². The van der Waals surface area contributed by atoms with Crippen molar-refractivity contribution < 1.29 is 23.2 Å². The third-order valence-corrected chi connectivity index (χ3v) is 2.43. The number of phenolic OH excluding ortho intramolecular Hbond substituents is 1. The average molecular weight is 352 g/mol. The van der Waals surface area contributed by atoms with Crippen molar-refractivity contribution in [2.75, 3.05) is 0 Å². The molecule has 0 heterocycles. The number of alkyl halides is 3. The van der Waals surface area contributed by atoms with Crippen molar-refractivity contribution in [3.05, 3.63) is 32.3 Å². The Labute approximate surface area is 113 Å². The number of nitrogens with two attached hydrogens (primary N) is 1. The fraction of sp³-hybridized carbons (Fsp3) is 0.250. The summed E-state index contributed by atoms with van der Waals surface area (Å²) in [5, 5.41) is 19.9. The summed E-state index contributed by atoms with van der Waals surface area (Å²) in [7, 11) is 0. The van der Waals surface area contributed by atoms with Crippen molar-refractivity contribution in [1.29, 1.82) is 0 Å². The minimum absolute atomic E-state index is 0. The zero-order valence-corrected chi connectivity index (χ0v) is 10.8. The molecule has 3 N–H and O–H groups in total. The van der Waals surface area contributed by atoms with Crippen molar-refractivity contribution >= 4 is 34.0 Å². The van der Waals surface area contributed by atoms with Crippen molar-refractivity contribution in [2.24, 2.45) is 5.73 Å². The predicted molar refractivity (Wildman–Crippen MR) is 62.7 cm³/mol. The van der Waals surface area contributed by atoms with Gasteiger partial charge in [0.25, 0.3) is 0 Å². The molecule has 1 rings (SSSR count). The Morgan fingerprint density at radius 3 is 2.33 bits per heavy atom. The van der Waals surface area contributed by atoms with Crippen LogP contribution in [0.25, 0.3) is 0 Å². The lowest BCUT2D eigenvalue weighted by Gasteiger charge is -2.17. The molecule has 1 aromatic carbocycles. The quantitative estimate of drug-likeness (QED) is 0.633. The molecule has 10 heteroatoms. The number of rotatable bonds is 2. The van der Waals surface area contributed by atoms with Gasteiger partial charge < -0.3 is 10.8 Å². The van der Waals surface area contributed by atoms with Gasteiger partial charge in [0.2, 0.25) is 0 Å². The first-order valence-corrected chi connectivity index (χ1v) is 4.93. The number of nitro groups is 1. The maximum Gasteiger partial charge on any atom is 0.407 e. The van der Waals surface area contributed by atoms with Crippen molar-refractivity contribution in [3.63, 3.8) is 0 Å². The lowest BCUT2D eigenvalue weighted by Crippen LogP contribution is -2.28. The molecule has 0 radical (unpaired) electrons. The second kappa shape index (κ2) is 5.72. The number of nitrogens with zero attached hydrogens (tertiary/aromatic N) is 1. The van der Waals surface area contributed by atoms with Gasteiger partial charge in [0, 0.05) is 16.1 Å². The van der Waals surface area contributed by atoms with Crippen LogP contribution in [0.15, 0.2) is 16.6 Å². The maximum atomic E-state index is 12.4. The summed E-state index contributed by atoms with van der Waals surface area (Å²) in [4.78, 5) is 9.51. The molecule has 18 heavy (non-hydrogen) atoms. The molecule has 0 saturated heterocycles. The molecule has 1 atom stereocenters. The van der Waals surface area contributed by atoms with E-state index in [9.17, 15) is 28.4 Å². The maximum absolute atomic E-state index is 12.4.